The molecule has 1 rings (SSSR count). The lowest BCUT2D eigenvalue weighted by Crippen LogP contribution is -2.46. The fourth-order valence-electron chi connectivity index (χ4n) is 1.30. The Morgan fingerprint density at radius 2 is 1.62 bits per heavy atom. The maximum atomic E-state index is 8.54. The molecule has 0 aliphatic carbocycles. The van der Waals surface area contributed by atoms with Crippen LogP contribution in [0.1, 0.15) is 41.0 Å². The van der Waals surface area contributed by atoms with Crippen molar-refractivity contribution in [2.45, 2.75) is 41.0 Å². The second-order valence-electron chi connectivity index (χ2n) is 2.73. The van der Waals surface area contributed by atoms with Gasteiger partial charge in [-0.15, -0.1) is 0 Å². The Bertz CT molecular complexity index is 80.2. The molecule has 2 heteroatoms. The number of aliphatic hydroxyl groups is 1. The normalized spacial score (nSPS) is 16.2. The molecule has 0 bridgehead atoms. The van der Waals surface area contributed by atoms with E-state index in [0.717, 1.165) is 12.3 Å². The largest absolute Gasteiger partial charge is 0.396 e. The van der Waals surface area contributed by atoms with E-state index in [1.807, 2.05) is 27.7 Å². The molecular formula is C11H27NO. The average molecular weight is 189 g/mol. The van der Waals surface area contributed by atoms with E-state index in [-0.39, 0.29) is 0 Å². The first-order chi connectivity index (χ1) is 6.36. The van der Waals surface area contributed by atoms with Crippen LogP contribution in [0.5, 0.6) is 0 Å². The molecule has 0 unspecified atom stereocenters. The van der Waals surface area contributed by atoms with Gasteiger partial charge in [-0.1, -0.05) is 34.6 Å². The van der Waals surface area contributed by atoms with E-state index in [2.05, 4.69) is 11.8 Å². The van der Waals surface area contributed by atoms with Crippen molar-refractivity contribution in [3.8, 4) is 0 Å². The van der Waals surface area contributed by atoms with E-state index in [4.69, 9.17) is 5.11 Å². The molecule has 0 amide bonds. The van der Waals surface area contributed by atoms with Gasteiger partial charge < -0.3 is 10.0 Å². The molecule has 0 aromatic carbocycles. The highest BCUT2D eigenvalue weighted by molar-refractivity contribution is 4.77. The van der Waals surface area contributed by atoms with Gasteiger partial charge in [0.25, 0.3) is 0 Å². The Kier molecular flexibility index (Phi) is 14.1. The van der Waals surface area contributed by atoms with Crippen LogP contribution in [-0.4, -0.2) is 36.2 Å². The van der Waals surface area contributed by atoms with Crippen LogP contribution in [0.25, 0.3) is 0 Å². The molecule has 1 heterocycles. The van der Waals surface area contributed by atoms with Gasteiger partial charge in [-0.3, -0.25) is 0 Å². The molecular weight excluding hydrogens is 162 g/mol. The molecule has 1 aliphatic heterocycles. The van der Waals surface area contributed by atoms with Crippen LogP contribution in [0.2, 0.25) is 0 Å². The summed E-state index contributed by atoms with van der Waals surface area (Å²) in [6.45, 7) is 14.1. The lowest BCUT2D eigenvalue weighted by atomic mass is 9.97. The quantitative estimate of drug-likeness (QED) is 0.737. The Balaban J connectivity index is 0. The minimum atomic E-state index is 0.363. The first-order valence-corrected chi connectivity index (χ1v) is 5.70. The second kappa shape index (κ2) is 11.9. The van der Waals surface area contributed by atoms with Crippen molar-refractivity contribution in [1.29, 1.82) is 0 Å². The SMILES string of the molecule is CC.CC.CCN1CC(CCO)C1. The van der Waals surface area contributed by atoms with Gasteiger partial charge in [-0.25, -0.2) is 0 Å². The first kappa shape index (κ1) is 15.4. The van der Waals surface area contributed by atoms with Crippen molar-refractivity contribution < 1.29 is 5.11 Å². The third kappa shape index (κ3) is 7.03. The summed E-state index contributed by atoms with van der Waals surface area (Å²) in [6, 6.07) is 0. The summed E-state index contributed by atoms with van der Waals surface area (Å²) in [4.78, 5) is 2.39. The topological polar surface area (TPSA) is 23.5 Å². The van der Waals surface area contributed by atoms with Crippen LogP contribution in [0.15, 0.2) is 0 Å². The minimum Gasteiger partial charge on any atom is -0.396 e. The average Bonchev–Trinajstić information content (AvgIpc) is 2.17. The summed E-state index contributed by atoms with van der Waals surface area (Å²) in [5.41, 5.74) is 0. The van der Waals surface area contributed by atoms with Crippen molar-refractivity contribution in [3.63, 3.8) is 0 Å². The van der Waals surface area contributed by atoms with E-state index >= 15 is 0 Å². The van der Waals surface area contributed by atoms with E-state index in [1.165, 1.54) is 19.6 Å². The lowest BCUT2D eigenvalue weighted by molar-refractivity contribution is 0.0850. The number of hydrogen-bond acceptors (Lipinski definition) is 2. The van der Waals surface area contributed by atoms with Crippen molar-refractivity contribution in [2.75, 3.05) is 26.2 Å². The fourth-order valence-corrected chi connectivity index (χ4v) is 1.30. The maximum absolute atomic E-state index is 8.54. The van der Waals surface area contributed by atoms with Crippen LogP contribution in [0, 0.1) is 5.92 Å². The molecule has 2 nitrogen and oxygen atoms in total. The molecule has 0 spiro atoms. The van der Waals surface area contributed by atoms with Gasteiger partial charge >= 0.3 is 0 Å². The monoisotopic (exact) mass is 189 g/mol. The zero-order valence-corrected chi connectivity index (χ0v) is 10.0. The Labute approximate surface area is 83.9 Å². The maximum Gasteiger partial charge on any atom is 0.0434 e. The second-order valence-corrected chi connectivity index (χ2v) is 2.73. The minimum absolute atomic E-state index is 0.363. The highest BCUT2D eigenvalue weighted by atomic mass is 16.3. The molecule has 0 radical (unpaired) electrons. The van der Waals surface area contributed by atoms with Crippen molar-refractivity contribution >= 4 is 0 Å². The summed E-state index contributed by atoms with van der Waals surface area (Å²) in [6.07, 6.45) is 0.997. The highest BCUT2D eigenvalue weighted by Gasteiger charge is 2.23. The zero-order chi connectivity index (χ0) is 10.7. The molecule has 82 valence electrons. The van der Waals surface area contributed by atoms with E-state index in [9.17, 15) is 0 Å². The summed E-state index contributed by atoms with van der Waals surface area (Å²) < 4.78 is 0. The third-order valence-corrected chi connectivity index (χ3v) is 2.02. The van der Waals surface area contributed by atoms with E-state index in [0.29, 0.717) is 6.61 Å². The van der Waals surface area contributed by atoms with Gasteiger partial charge in [-0.2, -0.15) is 0 Å². The third-order valence-electron chi connectivity index (χ3n) is 2.02. The van der Waals surface area contributed by atoms with Crippen LogP contribution in [0.4, 0.5) is 0 Å². The summed E-state index contributed by atoms with van der Waals surface area (Å²) in [5.74, 6) is 0.787. The molecule has 0 saturated carbocycles. The van der Waals surface area contributed by atoms with Crippen molar-refractivity contribution in [1.82, 2.24) is 4.90 Å². The standard InChI is InChI=1S/C7H15NO.2C2H6/c1-2-8-5-7(6-8)3-4-9;2*1-2/h7,9H,2-6H2,1H3;2*1-2H3. The Hall–Kier alpha value is -0.0800. The fraction of sp³-hybridized carbons (Fsp3) is 1.00. The van der Waals surface area contributed by atoms with Crippen LogP contribution >= 0.6 is 0 Å². The smallest absolute Gasteiger partial charge is 0.0434 e. The van der Waals surface area contributed by atoms with Crippen LogP contribution in [-0.2, 0) is 0 Å². The van der Waals surface area contributed by atoms with Gasteiger partial charge in [-0.05, 0) is 18.9 Å². The molecule has 1 aliphatic rings. The molecule has 0 atom stereocenters. The van der Waals surface area contributed by atoms with Gasteiger partial charge in [0.2, 0.25) is 0 Å². The van der Waals surface area contributed by atoms with Gasteiger partial charge in [0, 0.05) is 19.7 Å². The lowest BCUT2D eigenvalue weighted by Gasteiger charge is -2.38. The first-order valence-electron chi connectivity index (χ1n) is 5.70. The van der Waals surface area contributed by atoms with Crippen LogP contribution < -0.4 is 0 Å². The highest BCUT2D eigenvalue weighted by Crippen LogP contribution is 2.17. The van der Waals surface area contributed by atoms with E-state index in [1.54, 1.807) is 0 Å². The Morgan fingerprint density at radius 1 is 1.15 bits per heavy atom. The summed E-state index contributed by atoms with van der Waals surface area (Å²) in [7, 11) is 0. The predicted molar refractivity (Wildman–Crippen MR) is 60.0 cm³/mol. The van der Waals surface area contributed by atoms with E-state index < -0.39 is 0 Å². The molecule has 1 saturated heterocycles. The molecule has 0 aromatic rings. The number of nitrogens with zero attached hydrogens (tertiary/aromatic N) is 1. The zero-order valence-electron chi connectivity index (χ0n) is 10.0. The van der Waals surface area contributed by atoms with Crippen LogP contribution in [0.3, 0.4) is 0 Å². The number of aliphatic hydroxyl groups excluding tert-OH is 1. The molecule has 1 fully saturated rings. The summed E-state index contributed by atoms with van der Waals surface area (Å²) >= 11 is 0. The summed E-state index contributed by atoms with van der Waals surface area (Å²) in [5, 5.41) is 8.54. The van der Waals surface area contributed by atoms with Gasteiger partial charge in [0.1, 0.15) is 0 Å². The van der Waals surface area contributed by atoms with Gasteiger partial charge in [0.15, 0.2) is 0 Å². The molecule has 1 N–H and O–H groups in total. The predicted octanol–water partition coefficient (Wildman–Crippen LogP) is 2.37. The number of hydrogen-bond donors (Lipinski definition) is 1. The number of rotatable bonds is 3. The molecule has 13 heavy (non-hydrogen) atoms. The molecule has 0 aromatic heterocycles. The van der Waals surface area contributed by atoms with Crippen molar-refractivity contribution in [3.05, 3.63) is 0 Å². The van der Waals surface area contributed by atoms with Gasteiger partial charge in [0.05, 0.1) is 0 Å². The number of likely N-dealkylation sites (tertiary alicyclic amines) is 1. The van der Waals surface area contributed by atoms with Crippen molar-refractivity contribution in [2.24, 2.45) is 5.92 Å². The Morgan fingerprint density at radius 3 is 1.92 bits per heavy atom.